The highest BCUT2D eigenvalue weighted by molar-refractivity contribution is 7.12. The average Bonchev–Trinajstić information content (AvgIpc) is 3.08. The molecule has 0 aromatic carbocycles. The number of nitrogens with zero attached hydrogens (tertiary/aromatic N) is 1. The lowest BCUT2D eigenvalue weighted by atomic mass is 10.2. The van der Waals surface area contributed by atoms with Crippen molar-refractivity contribution in [2.24, 2.45) is 0 Å². The van der Waals surface area contributed by atoms with Gasteiger partial charge in [-0.05, 0) is 11.4 Å². The molecule has 1 aliphatic rings. The van der Waals surface area contributed by atoms with Gasteiger partial charge in [0.15, 0.2) is 0 Å². The van der Waals surface area contributed by atoms with Gasteiger partial charge in [-0.2, -0.15) is 0 Å². The van der Waals surface area contributed by atoms with Crippen molar-refractivity contribution in [2.75, 3.05) is 46.0 Å². The Kier molecular flexibility index (Phi) is 6.78. The van der Waals surface area contributed by atoms with E-state index in [4.69, 9.17) is 4.74 Å². The van der Waals surface area contributed by atoms with Gasteiger partial charge < -0.3 is 20.5 Å². The fourth-order valence-electron chi connectivity index (χ4n) is 2.12. The molecule has 1 unspecified atom stereocenters. The Balaban J connectivity index is 1.72. The molecular formula is C14H21N3O4S. The number of carbonyl (C=O) groups is 2. The summed E-state index contributed by atoms with van der Waals surface area (Å²) in [7, 11) is 0. The first kappa shape index (κ1) is 16.9. The molecular weight excluding hydrogens is 306 g/mol. The Hall–Kier alpha value is -1.48. The monoisotopic (exact) mass is 327 g/mol. The molecule has 0 bridgehead atoms. The van der Waals surface area contributed by atoms with E-state index in [1.54, 1.807) is 17.5 Å². The standard InChI is InChI=1S/C14H21N3O4S/c18-10-11(16-14(20)12-2-1-9-22-12)13(19)15-3-4-17-5-7-21-8-6-17/h1-2,9,11,18H,3-8,10H2,(H,15,19)(H,16,20). The Morgan fingerprint density at radius 1 is 1.41 bits per heavy atom. The van der Waals surface area contributed by atoms with E-state index in [9.17, 15) is 14.7 Å². The molecule has 122 valence electrons. The molecule has 1 fully saturated rings. The van der Waals surface area contributed by atoms with E-state index in [1.807, 2.05) is 0 Å². The minimum Gasteiger partial charge on any atom is -0.394 e. The zero-order valence-corrected chi connectivity index (χ0v) is 13.1. The summed E-state index contributed by atoms with van der Waals surface area (Å²) in [4.78, 5) is 26.6. The van der Waals surface area contributed by atoms with Crippen LogP contribution in [0.25, 0.3) is 0 Å². The summed E-state index contributed by atoms with van der Waals surface area (Å²) in [5.74, 6) is -0.724. The number of hydrogen-bond acceptors (Lipinski definition) is 6. The number of thiophene rings is 1. The van der Waals surface area contributed by atoms with Gasteiger partial charge in [0.2, 0.25) is 5.91 Å². The molecule has 0 spiro atoms. The van der Waals surface area contributed by atoms with E-state index in [0.717, 1.165) is 19.6 Å². The molecule has 0 aliphatic carbocycles. The molecule has 1 aliphatic heterocycles. The van der Waals surface area contributed by atoms with E-state index in [0.29, 0.717) is 24.6 Å². The van der Waals surface area contributed by atoms with E-state index in [2.05, 4.69) is 15.5 Å². The molecule has 8 heteroatoms. The average molecular weight is 327 g/mol. The number of nitrogens with one attached hydrogen (secondary N) is 2. The lowest BCUT2D eigenvalue weighted by Gasteiger charge is -2.26. The number of rotatable bonds is 7. The molecule has 1 saturated heterocycles. The molecule has 1 atom stereocenters. The molecule has 1 aromatic heterocycles. The third-order valence-electron chi connectivity index (χ3n) is 3.38. The van der Waals surface area contributed by atoms with Gasteiger partial charge in [0, 0.05) is 26.2 Å². The number of aliphatic hydroxyl groups excluding tert-OH is 1. The van der Waals surface area contributed by atoms with Crippen LogP contribution >= 0.6 is 11.3 Å². The first-order valence-corrected chi connectivity index (χ1v) is 8.11. The normalized spacial score (nSPS) is 17.0. The van der Waals surface area contributed by atoms with Crippen LogP contribution in [0.4, 0.5) is 0 Å². The predicted octanol–water partition coefficient (Wildman–Crippen LogP) is -0.713. The van der Waals surface area contributed by atoms with E-state index >= 15 is 0 Å². The lowest BCUT2D eigenvalue weighted by Crippen LogP contribution is -2.50. The third kappa shape index (κ3) is 5.06. The highest BCUT2D eigenvalue weighted by Crippen LogP contribution is 2.08. The molecule has 1 aromatic rings. The number of aliphatic hydroxyl groups is 1. The summed E-state index contributed by atoms with van der Waals surface area (Å²) in [5, 5.41) is 16.3. The Morgan fingerprint density at radius 2 is 2.18 bits per heavy atom. The second-order valence-electron chi connectivity index (χ2n) is 4.93. The topological polar surface area (TPSA) is 90.9 Å². The van der Waals surface area contributed by atoms with Crippen LogP contribution in [0, 0.1) is 0 Å². The quantitative estimate of drug-likeness (QED) is 0.615. The number of morpholine rings is 1. The summed E-state index contributed by atoms with van der Waals surface area (Å²) in [5.41, 5.74) is 0. The van der Waals surface area contributed by atoms with Crippen LogP contribution in [-0.4, -0.2) is 73.9 Å². The minimum atomic E-state index is -0.931. The van der Waals surface area contributed by atoms with Crippen molar-refractivity contribution in [2.45, 2.75) is 6.04 Å². The molecule has 0 saturated carbocycles. The number of ether oxygens (including phenoxy) is 1. The highest BCUT2D eigenvalue weighted by atomic mass is 32.1. The smallest absolute Gasteiger partial charge is 0.262 e. The first-order chi connectivity index (χ1) is 10.7. The van der Waals surface area contributed by atoms with Crippen molar-refractivity contribution < 1.29 is 19.4 Å². The zero-order chi connectivity index (χ0) is 15.8. The van der Waals surface area contributed by atoms with Crippen LogP contribution < -0.4 is 10.6 Å². The van der Waals surface area contributed by atoms with Crippen LogP contribution in [0.3, 0.4) is 0 Å². The van der Waals surface area contributed by atoms with Gasteiger partial charge in [0.25, 0.3) is 5.91 Å². The number of carbonyl (C=O) groups excluding carboxylic acids is 2. The van der Waals surface area contributed by atoms with Crippen molar-refractivity contribution in [3.8, 4) is 0 Å². The van der Waals surface area contributed by atoms with E-state index in [1.165, 1.54) is 11.3 Å². The number of hydrogen-bond donors (Lipinski definition) is 3. The van der Waals surface area contributed by atoms with E-state index in [-0.39, 0.29) is 11.8 Å². The van der Waals surface area contributed by atoms with Gasteiger partial charge >= 0.3 is 0 Å². The van der Waals surface area contributed by atoms with Crippen molar-refractivity contribution in [1.82, 2.24) is 15.5 Å². The minimum absolute atomic E-state index is 0.350. The second kappa shape index (κ2) is 8.84. The van der Waals surface area contributed by atoms with Crippen molar-refractivity contribution in [1.29, 1.82) is 0 Å². The van der Waals surface area contributed by atoms with Crippen molar-refractivity contribution in [3.05, 3.63) is 22.4 Å². The van der Waals surface area contributed by atoms with Gasteiger partial charge in [0.1, 0.15) is 6.04 Å². The zero-order valence-electron chi connectivity index (χ0n) is 12.3. The molecule has 0 radical (unpaired) electrons. The Bertz CT molecular complexity index is 474. The summed E-state index contributed by atoms with van der Waals surface area (Å²) < 4.78 is 5.25. The van der Waals surface area contributed by atoms with Gasteiger partial charge in [-0.15, -0.1) is 11.3 Å². The van der Waals surface area contributed by atoms with Crippen LogP contribution in [0.5, 0.6) is 0 Å². The summed E-state index contributed by atoms with van der Waals surface area (Å²) in [6, 6.07) is 2.50. The van der Waals surface area contributed by atoms with Gasteiger partial charge in [-0.3, -0.25) is 14.5 Å². The van der Waals surface area contributed by atoms with Crippen LogP contribution in [0.15, 0.2) is 17.5 Å². The second-order valence-corrected chi connectivity index (χ2v) is 5.88. The highest BCUT2D eigenvalue weighted by Gasteiger charge is 2.21. The maximum Gasteiger partial charge on any atom is 0.262 e. The van der Waals surface area contributed by atoms with Crippen LogP contribution in [0.1, 0.15) is 9.67 Å². The van der Waals surface area contributed by atoms with Gasteiger partial charge in [-0.25, -0.2) is 0 Å². The largest absolute Gasteiger partial charge is 0.394 e. The van der Waals surface area contributed by atoms with Crippen molar-refractivity contribution in [3.63, 3.8) is 0 Å². The summed E-state index contributed by atoms with van der Waals surface area (Å²) >= 11 is 1.29. The first-order valence-electron chi connectivity index (χ1n) is 7.23. The molecule has 2 heterocycles. The van der Waals surface area contributed by atoms with Crippen LogP contribution in [0.2, 0.25) is 0 Å². The molecule has 22 heavy (non-hydrogen) atoms. The molecule has 2 rings (SSSR count). The SMILES string of the molecule is O=C(NC(CO)C(=O)NCCN1CCOCC1)c1cccs1. The predicted molar refractivity (Wildman–Crippen MR) is 82.9 cm³/mol. The fourth-order valence-corrected chi connectivity index (χ4v) is 2.74. The maximum atomic E-state index is 12.0. The fraction of sp³-hybridized carbons (Fsp3) is 0.571. The Labute approximate surface area is 133 Å². The van der Waals surface area contributed by atoms with Crippen molar-refractivity contribution >= 4 is 23.2 Å². The lowest BCUT2D eigenvalue weighted by molar-refractivity contribution is -0.123. The maximum absolute atomic E-state index is 12.0. The Morgan fingerprint density at radius 3 is 2.82 bits per heavy atom. The molecule has 3 N–H and O–H groups in total. The third-order valence-corrected chi connectivity index (χ3v) is 4.25. The van der Waals surface area contributed by atoms with Crippen LogP contribution in [-0.2, 0) is 9.53 Å². The van der Waals surface area contributed by atoms with E-state index < -0.39 is 12.6 Å². The van der Waals surface area contributed by atoms with Gasteiger partial charge in [0.05, 0.1) is 24.7 Å². The number of amides is 2. The molecule has 2 amide bonds. The summed E-state index contributed by atoms with van der Waals surface area (Å²) in [6.07, 6.45) is 0. The molecule has 7 nitrogen and oxygen atoms in total. The van der Waals surface area contributed by atoms with Gasteiger partial charge in [-0.1, -0.05) is 6.07 Å². The summed E-state index contributed by atoms with van der Waals surface area (Å²) in [6.45, 7) is 3.91.